The zero-order chi connectivity index (χ0) is 24.7. The van der Waals surface area contributed by atoms with E-state index in [1.54, 1.807) is 7.11 Å². The van der Waals surface area contributed by atoms with E-state index in [0.29, 0.717) is 18.6 Å². The molecule has 2 unspecified atom stereocenters. The number of benzene rings is 1. The van der Waals surface area contributed by atoms with E-state index in [0.717, 1.165) is 79.3 Å². The number of hydrogen-bond donors (Lipinski definition) is 1. The lowest BCUT2D eigenvalue weighted by molar-refractivity contribution is -0.217. The Morgan fingerprint density at radius 1 is 1.14 bits per heavy atom. The summed E-state index contributed by atoms with van der Waals surface area (Å²) < 4.78 is 15.1. The molecule has 3 aromatic rings. The van der Waals surface area contributed by atoms with Gasteiger partial charge in [-0.3, -0.25) is 9.58 Å². The first-order valence-electron chi connectivity index (χ1n) is 12.8. The lowest BCUT2D eigenvalue weighted by Gasteiger charge is -2.70. The Morgan fingerprint density at radius 3 is 2.61 bits per heavy atom. The van der Waals surface area contributed by atoms with Crippen molar-refractivity contribution >= 4 is 28.2 Å². The third kappa shape index (κ3) is 3.23. The topological polar surface area (TPSA) is 80.8 Å². The molecule has 4 heterocycles. The summed E-state index contributed by atoms with van der Waals surface area (Å²) in [4.78, 5) is 4.69. The lowest BCUT2D eigenvalue weighted by atomic mass is 9.39. The Morgan fingerprint density at radius 2 is 1.92 bits per heavy atom. The van der Waals surface area contributed by atoms with Crippen LogP contribution in [0.1, 0.15) is 26.2 Å². The number of fused-ring (bicyclic) bond motifs is 1. The van der Waals surface area contributed by atoms with Crippen LogP contribution < -0.4 is 4.90 Å². The predicted octanol–water partition coefficient (Wildman–Crippen LogP) is 2.67. The third-order valence-electron chi connectivity index (χ3n) is 9.23. The van der Waals surface area contributed by atoms with Crippen LogP contribution in [0.25, 0.3) is 16.6 Å². The van der Waals surface area contributed by atoms with Gasteiger partial charge >= 0.3 is 0 Å². The zero-order valence-corrected chi connectivity index (χ0v) is 21.6. The fourth-order valence-corrected chi connectivity index (χ4v) is 7.51. The van der Waals surface area contributed by atoms with Gasteiger partial charge in [0, 0.05) is 44.1 Å². The van der Waals surface area contributed by atoms with Crippen LogP contribution in [0.4, 0.5) is 5.69 Å². The molecular weight excluding hydrogens is 480 g/mol. The summed E-state index contributed by atoms with van der Waals surface area (Å²) in [7, 11) is 1.79. The summed E-state index contributed by atoms with van der Waals surface area (Å²) in [5, 5.41) is 21.6. The quantitative estimate of drug-likeness (QED) is 0.544. The Bertz CT molecular complexity index is 1290. The Labute approximate surface area is 215 Å². The molecule has 5 fully saturated rings. The second-order valence-electron chi connectivity index (χ2n) is 11.6. The van der Waals surface area contributed by atoms with Crippen molar-refractivity contribution in [2.45, 2.75) is 43.4 Å². The number of piperazine rings is 1. The van der Waals surface area contributed by atoms with Crippen molar-refractivity contribution in [1.29, 1.82) is 0 Å². The summed E-state index contributed by atoms with van der Waals surface area (Å²) in [6.07, 6.45) is 8.89. The van der Waals surface area contributed by atoms with Crippen LogP contribution in [0, 0.1) is 5.41 Å². The number of halogens is 1. The minimum absolute atomic E-state index is 0.155. The summed E-state index contributed by atoms with van der Waals surface area (Å²) in [5.41, 5.74) is 3.22. The predicted molar refractivity (Wildman–Crippen MR) is 137 cm³/mol. The summed E-state index contributed by atoms with van der Waals surface area (Å²) in [6.45, 7) is 7.31. The number of aromatic nitrogens is 4. The number of ether oxygens (including phenoxy) is 2. The van der Waals surface area contributed by atoms with Crippen molar-refractivity contribution in [3.8, 4) is 5.69 Å². The normalized spacial score (nSPS) is 34.2. The Kier molecular flexibility index (Phi) is 5.05. The molecule has 36 heavy (non-hydrogen) atoms. The SMILES string of the molecule is COCC12CC(n3cc(-n4ncc5cc(Cl)c(N6CCN(C7(C)COCC7O)CC6)cc54)cn3)(C1)C2. The smallest absolute Gasteiger partial charge is 0.103 e. The fraction of sp³-hybridized carbons (Fsp3) is 0.615. The molecular formula is C26H33ClN6O3. The van der Waals surface area contributed by atoms with E-state index in [-0.39, 0.29) is 11.1 Å². The molecule has 0 amide bonds. The molecule has 10 heteroatoms. The van der Waals surface area contributed by atoms with Crippen LogP contribution in [0.2, 0.25) is 5.02 Å². The van der Waals surface area contributed by atoms with Gasteiger partial charge in [0.15, 0.2) is 0 Å². The number of rotatable bonds is 6. The van der Waals surface area contributed by atoms with Crippen molar-refractivity contribution in [3.63, 3.8) is 0 Å². The van der Waals surface area contributed by atoms with Gasteiger partial charge in [0.2, 0.25) is 0 Å². The van der Waals surface area contributed by atoms with Gasteiger partial charge in [-0.2, -0.15) is 10.2 Å². The largest absolute Gasteiger partial charge is 0.389 e. The number of aliphatic hydroxyl groups is 1. The minimum atomic E-state index is -0.449. The molecule has 0 radical (unpaired) electrons. The van der Waals surface area contributed by atoms with E-state index in [1.807, 2.05) is 23.1 Å². The summed E-state index contributed by atoms with van der Waals surface area (Å²) >= 11 is 6.76. The maximum Gasteiger partial charge on any atom is 0.103 e. The monoisotopic (exact) mass is 512 g/mol. The molecule has 2 aromatic heterocycles. The van der Waals surface area contributed by atoms with Gasteiger partial charge < -0.3 is 19.5 Å². The molecule has 1 aromatic carbocycles. The van der Waals surface area contributed by atoms with Crippen molar-refractivity contribution in [3.05, 3.63) is 35.7 Å². The van der Waals surface area contributed by atoms with Gasteiger partial charge in [-0.1, -0.05) is 11.6 Å². The Balaban J connectivity index is 1.12. The molecule has 8 rings (SSSR count). The Hall–Kier alpha value is -2.17. The maximum atomic E-state index is 10.4. The average Bonchev–Trinajstić information content (AvgIpc) is 3.54. The van der Waals surface area contributed by atoms with E-state index < -0.39 is 6.10 Å². The fourth-order valence-electron chi connectivity index (χ4n) is 7.22. The van der Waals surface area contributed by atoms with Crippen molar-refractivity contribution in [2.24, 2.45) is 5.41 Å². The molecule has 1 N–H and O–H groups in total. The summed E-state index contributed by atoms with van der Waals surface area (Å²) in [5.74, 6) is 0. The van der Waals surface area contributed by atoms with Gasteiger partial charge in [-0.15, -0.1) is 0 Å². The van der Waals surface area contributed by atoms with Crippen LogP contribution in [0.15, 0.2) is 30.7 Å². The highest BCUT2D eigenvalue weighted by molar-refractivity contribution is 6.34. The van der Waals surface area contributed by atoms with E-state index in [4.69, 9.17) is 26.2 Å². The van der Waals surface area contributed by atoms with Crippen molar-refractivity contribution in [1.82, 2.24) is 24.5 Å². The van der Waals surface area contributed by atoms with Crippen LogP contribution in [0.3, 0.4) is 0 Å². The number of methoxy groups -OCH3 is 1. The minimum Gasteiger partial charge on any atom is -0.389 e. The molecule has 9 nitrogen and oxygen atoms in total. The number of nitrogens with zero attached hydrogens (tertiary/aromatic N) is 6. The highest BCUT2D eigenvalue weighted by Crippen LogP contribution is 2.71. The first-order chi connectivity index (χ1) is 17.3. The van der Waals surface area contributed by atoms with Crippen LogP contribution in [-0.4, -0.2) is 94.3 Å². The first-order valence-corrected chi connectivity index (χ1v) is 13.2. The van der Waals surface area contributed by atoms with Gasteiger partial charge in [-0.25, -0.2) is 4.68 Å². The van der Waals surface area contributed by atoms with Crippen LogP contribution >= 0.6 is 11.6 Å². The lowest BCUT2D eigenvalue weighted by Crippen LogP contribution is -2.69. The van der Waals surface area contributed by atoms with E-state index >= 15 is 0 Å². The molecule has 2 aliphatic heterocycles. The van der Waals surface area contributed by atoms with Gasteiger partial charge in [0.05, 0.1) is 71.8 Å². The van der Waals surface area contributed by atoms with Gasteiger partial charge in [-0.05, 0) is 38.3 Å². The number of aliphatic hydroxyl groups excluding tert-OH is 1. The van der Waals surface area contributed by atoms with Crippen LogP contribution in [-0.2, 0) is 15.0 Å². The second-order valence-corrected chi connectivity index (χ2v) is 12.0. The van der Waals surface area contributed by atoms with Crippen molar-refractivity contribution < 1.29 is 14.6 Å². The molecule has 3 aliphatic carbocycles. The maximum absolute atomic E-state index is 10.4. The van der Waals surface area contributed by atoms with Gasteiger partial charge in [0.25, 0.3) is 0 Å². The average molecular weight is 513 g/mol. The van der Waals surface area contributed by atoms with E-state index in [9.17, 15) is 5.11 Å². The van der Waals surface area contributed by atoms with Crippen LogP contribution in [0.5, 0.6) is 0 Å². The molecule has 0 spiro atoms. The highest BCUT2D eigenvalue weighted by atomic mass is 35.5. The highest BCUT2D eigenvalue weighted by Gasteiger charge is 2.69. The molecule has 2 bridgehead atoms. The molecule has 5 aliphatic rings. The van der Waals surface area contributed by atoms with E-state index in [1.165, 1.54) is 0 Å². The molecule has 3 saturated carbocycles. The van der Waals surface area contributed by atoms with Crippen molar-refractivity contribution in [2.75, 3.05) is 58.0 Å². The summed E-state index contributed by atoms with van der Waals surface area (Å²) in [6, 6.07) is 4.17. The number of anilines is 1. The zero-order valence-electron chi connectivity index (χ0n) is 20.9. The first kappa shape index (κ1) is 23.0. The van der Waals surface area contributed by atoms with E-state index in [2.05, 4.69) is 38.8 Å². The molecule has 2 saturated heterocycles. The third-order valence-corrected chi connectivity index (χ3v) is 9.53. The molecule has 2 atom stereocenters. The number of hydrogen-bond acceptors (Lipinski definition) is 7. The second kappa shape index (κ2) is 7.91. The standard InChI is InChI=1S/C26H33ClN6O3/c1-24(16-36-12-23(24)34)31-5-3-30(4-6-31)22-8-21-18(7-20(22)27)9-29-33(21)19-10-28-32(11-19)26-13-25(14-26,15-26)17-35-2/h7-11,23,34H,3-6,12-17H2,1-2H3. The molecule has 192 valence electrons. The van der Waals surface area contributed by atoms with Gasteiger partial charge in [0.1, 0.15) is 5.69 Å².